The van der Waals surface area contributed by atoms with Crippen LogP contribution in [-0.2, 0) is 9.53 Å². The number of furan rings is 1. The molecule has 0 aliphatic carbocycles. The van der Waals surface area contributed by atoms with Gasteiger partial charge in [-0.2, -0.15) is 0 Å². The maximum Gasteiger partial charge on any atom is 0.338 e. The molecule has 1 aliphatic rings. The summed E-state index contributed by atoms with van der Waals surface area (Å²) in [5, 5.41) is 11.7. The predicted molar refractivity (Wildman–Crippen MR) is 134 cm³/mol. The van der Waals surface area contributed by atoms with Crippen LogP contribution in [0.2, 0.25) is 0 Å². The summed E-state index contributed by atoms with van der Waals surface area (Å²) in [6.07, 6.45) is 0. The van der Waals surface area contributed by atoms with E-state index in [1.54, 1.807) is 55.5 Å². The van der Waals surface area contributed by atoms with Gasteiger partial charge in [0.15, 0.2) is 11.5 Å². The molecule has 1 aliphatic heterocycles. The number of ether oxygens (including phenoxy) is 1. The first-order valence-electron chi connectivity index (χ1n) is 11.5. The fourth-order valence-electron chi connectivity index (χ4n) is 4.46. The monoisotopic (exact) mass is 481 g/mol. The SMILES string of the molecule is CCOC(=O)c1ccc(N2C(=O)C(O)=C(C(=O)c3cc4ccccc4o3)C2c2cccc(C)c2)cc1. The van der Waals surface area contributed by atoms with Gasteiger partial charge in [0.2, 0.25) is 5.78 Å². The molecule has 2 heterocycles. The number of para-hydroxylation sites is 1. The van der Waals surface area contributed by atoms with E-state index >= 15 is 0 Å². The second-order valence-corrected chi connectivity index (χ2v) is 8.50. The van der Waals surface area contributed by atoms with Crippen molar-refractivity contribution in [1.29, 1.82) is 0 Å². The smallest absolute Gasteiger partial charge is 0.338 e. The van der Waals surface area contributed by atoms with Crippen molar-refractivity contribution in [3.63, 3.8) is 0 Å². The fourth-order valence-corrected chi connectivity index (χ4v) is 4.46. The lowest BCUT2D eigenvalue weighted by atomic mass is 9.93. The number of esters is 1. The first kappa shape index (κ1) is 23.1. The molecular formula is C29H23NO6. The van der Waals surface area contributed by atoms with Crippen molar-refractivity contribution < 1.29 is 28.6 Å². The Morgan fingerprint density at radius 1 is 1.00 bits per heavy atom. The normalized spacial score (nSPS) is 15.6. The molecule has 1 N–H and O–H groups in total. The molecule has 5 rings (SSSR count). The van der Waals surface area contributed by atoms with Crippen molar-refractivity contribution in [3.05, 3.63) is 113 Å². The van der Waals surface area contributed by atoms with Gasteiger partial charge in [0.1, 0.15) is 5.58 Å². The van der Waals surface area contributed by atoms with Crippen LogP contribution in [0.4, 0.5) is 5.69 Å². The van der Waals surface area contributed by atoms with E-state index < -0.39 is 29.5 Å². The number of ketones is 1. The Morgan fingerprint density at radius 3 is 2.44 bits per heavy atom. The van der Waals surface area contributed by atoms with Gasteiger partial charge < -0.3 is 14.3 Å². The first-order valence-corrected chi connectivity index (χ1v) is 11.5. The molecule has 0 saturated heterocycles. The first-order chi connectivity index (χ1) is 17.4. The highest BCUT2D eigenvalue weighted by Crippen LogP contribution is 2.42. The number of aliphatic hydroxyl groups excluding tert-OH is 1. The van der Waals surface area contributed by atoms with Gasteiger partial charge in [-0.05, 0) is 55.8 Å². The van der Waals surface area contributed by atoms with Crippen molar-refractivity contribution >= 4 is 34.3 Å². The molecule has 7 nitrogen and oxygen atoms in total. The summed E-state index contributed by atoms with van der Waals surface area (Å²) in [4.78, 5) is 40.5. The maximum atomic E-state index is 13.7. The Kier molecular flexibility index (Phi) is 5.90. The minimum Gasteiger partial charge on any atom is -0.503 e. The predicted octanol–water partition coefficient (Wildman–Crippen LogP) is 5.70. The number of nitrogens with zero attached hydrogens (tertiary/aromatic N) is 1. The van der Waals surface area contributed by atoms with E-state index in [1.165, 1.54) is 4.90 Å². The number of benzene rings is 3. The van der Waals surface area contributed by atoms with E-state index in [9.17, 15) is 19.5 Å². The average molecular weight is 482 g/mol. The molecule has 1 atom stereocenters. The highest BCUT2D eigenvalue weighted by atomic mass is 16.5. The Hall–Kier alpha value is -4.65. The number of aryl methyl sites for hydroxylation is 1. The van der Waals surface area contributed by atoms with Crippen molar-refractivity contribution in [2.75, 3.05) is 11.5 Å². The second kappa shape index (κ2) is 9.19. The van der Waals surface area contributed by atoms with Gasteiger partial charge in [0, 0.05) is 11.1 Å². The average Bonchev–Trinajstić information content (AvgIpc) is 3.43. The van der Waals surface area contributed by atoms with Crippen LogP contribution in [0.3, 0.4) is 0 Å². The topological polar surface area (TPSA) is 97.0 Å². The summed E-state index contributed by atoms with van der Waals surface area (Å²) in [7, 11) is 0. The van der Waals surface area contributed by atoms with Crippen LogP contribution < -0.4 is 4.90 Å². The number of anilines is 1. The van der Waals surface area contributed by atoms with Crippen LogP contribution in [-0.4, -0.2) is 29.4 Å². The van der Waals surface area contributed by atoms with Crippen molar-refractivity contribution in [1.82, 2.24) is 0 Å². The molecule has 3 aromatic carbocycles. The lowest BCUT2D eigenvalue weighted by molar-refractivity contribution is -0.117. The quantitative estimate of drug-likeness (QED) is 0.280. The summed E-state index contributed by atoms with van der Waals surface area (Å²) in [5.41, 5.74) is 2.79. The lowest BCUT2D eigenvalue weighted by Gasteiger charge is -2.27. The van der Waals surface area contributed by atoms with Gasteiger partial charge in [-0.15, -0.1) is 0 Å². The Balaban J connectivity index is 1.60. The van der Waals surface area contributed by atoms with E-state index in [4.69, 9.17) is 9.15 Å². The minimum absolute atomic E-state index is 0.0303. The van der Waals surface area contributed by atoms with Crippen LogP contribution in [0, 0.1) is 6.92 Å². The van der Waals surface area contributed by atoms with Crippen LogP contribution in [0.15, 0.2) is 94.6 Å². The number of hydrogen-bond acceptors (Lipinski definition) is 6. The highest BCUT2D eigenvalue weighted by molar-refractivity contribution is 6.20. The number of fused-ring (bicyclic) bond motifs is 1. The third-order valence-electron chi connectivity index (χ3n) is 6.12. The zero-order chi connectivity index (χ0) is 25.4. The summed E-state index contributed by atoms with van der Waals surface area (Å²) in [6.45, 7) is 3.87. The molecule has 1 unspecified atom stereocenters. The molecule has 36 heavy (non-hydrogen) atoms. The number of Topliss-reactive ketones (excluding diaryl/α,β-unsaturated/α-hetero) is 1. The van der Waals surface area contributed by atoms with E-state index in [2.05, 4.69) is 0 Å². The van der Waals surface area contributed by atoms with Gasteiger partial charge >= 0.3 is 5.97 Å². The van der Waals surface area contributed by atoms with Gasteiger partial charge in [-0.1, -0.05) is 48.0 Å². The van der Waals surface area contributed by atoms with Gasteiger partial charge in [-0.25, -0.2) is 4.79 Å². The van der Waals surface area contributed by atoms with E-state index in [-0.39, 0.29) is 17.9 Å². The van der Waals surface area contributed by atoms with Gasteiger partial charge in [0.05, 0.1) is 23.8 Å². The number of carbonyl (C=O) groups excluding carboxylic acids is 3. The zero-order valence-corrected chi connectivity index (χ0v) is 19.7. The van der Waals surface area contributed by atoms with Crippen LogP contribution in [0.25, 0.3) is 11.0 Å². The Morgan fingerprint density at radius 2 is 1.75 bits per heavy atom. The summed E-state index contributed by atoms with van der Waals surface area (Å²) in [5.74, 6) is -2.38. The Bertz CT molecular complexity index is 1500. The number of carbonyl (C=O) groups is 3. The van der Waals surface area contributed by atoms with Crippen LogP contribution in [0.1, 0.15) is 45.0 Å². The maximum absolute atomic E-state index is 13.7. The molecule has 0 fully saturated rings. The van der Waals surface area contributed by atoms with Crippen molar-refractivity contribution in [2.45, 2.75) is 19.9 Å². The number of aliphatic hydroxyl groups is 1. The van der Waals surface area contributed by atoms with E-state index in [1.807, 2.05) is 37.3 Å². The third kappa shape index (κ3) is 3.94. The van der Waals surface area contributed by atoms with Crippen LogP contribution >= 0.6 is 0 Å². The van der Waals surface area contributed by atoms with Crippen molar-refractivity contribution in [2.24, 2.45) is 0 Å². The molecule has 0 spiro atoms. The molecule has 4 aromatic rings. The molecule has 7 heteroatoms. The van der Waals surface area contributed by atoms with Crippen molar-refractivity contribution in [3.8, 4) is 0 Å². The fraction of sp³-hybridized carbons (Fsp3) is 0.138. The second-order valence-electron chi connectivity index (χ2n) is 8.50. The van der Waals surface area contributed by atoms with Gasteiger partial charge in [-0.3, -0.25) is 14.5 Å². The molecule has 1 aromatic heterocycles. The standard InChI is InChI=1S/C29H23NO6/c1-3-35-29(34)18-11-13-21(14-12-18)30-25(20-9-6-7-17(2)15-20)24(27(32)28(30)33)26(31)23-16-19-8-4-5-10-22(19)36-23/h4-16,25,32H,3H2,1-2H3. The molecular weight excluding hydrogens is 458 g/mol. The molecule has 1 amide bonds. The minimum atomic E-state index is -0.897. The molecule has 0 saturated carbocycles. The Labute approximate surface area is 207 Å². The van der Waals surface area contributed by atoms with E-state index in [0.29, 0.717) is 22.4 Å². The van der Waals surface area contributed by atoms with Gasteiger partial charge in [0.25, 0.3) is 5.91 Å². The number of rotatable bonds is 6. The lowest BCUT2D eigenvalue weighted by Crippen LogP contribution is -2.31. The summed E-state index contributed by atoms with van der Waals surface area (Å²) in [6, 6.07) is 21.6. The number of amides is 1. The molecule has 0 bridgehead atoms. The van der Waals surface area contributed by atoms with E-state index in [0.717, 1.165) is 10.9 Å². The number of hydrogen-bond donors (Lipinski definition) is 1. The summed E-state index contributed by atoms with van der Waals surface area (Å²) < 4.78 is 10.8. The molecule has 180 valence electrons. The van der Waals surface area contributed by atoms with Crippen LogP contribution in [0.5, 0.6) is 0 Å². The zero-order valence-electron chi connectivity index (χ0n) is 19.7. The largest absolute Gasteiger partial charge is 0.503 e. The summed E-state index contributed by atoms with van der Waals surface area (Å²) >= 11 is 0. The third-order valence-corrected chi connectivity index (χ3v) is 6.12. The molecule has 0 radical (unpaired) electrons. The highest BCUT2D eigenvalue weighted by Gasteiger charge is 2.45.